The largest absolute Gasteiger partial charge is 0.495 e. The molecule has 0 atom stereocenters. The van der Waals surface area contributed by atoms with Gasteiger partial charge in [-0.25, -0.2) is 13.1 Å². The van der Waals surface area contributed by atoms with Crippen molar-refractivity contribution in [2.24, 2.45) is 5.73 Å². The van der Waals surface area contributed by atoms with Crippen LogP contribution >= 0.6 is 0 Å². The Morgan fingerprint density at radius 1 is 1.35 bits per heavy atom. The lowest BCUT2D eigenvalue weighted by molar-refractivity contribution is 0.0946. The molecule has 0 aromatic heterocycles. The minimum atomic E-state index is -3.78. The van der Waals surface area contributed by atoms with Crippen molar-refractivity contribution in [1.29, 1.82) is 0 Å². The zero-order valence-corrected chi connectivity index (χ0v) is 15.0. The Kier molecular flexibility index (Phi) is 6.15. The van der Waals surface area contributed by atoms with Gasteiger partial charge in [-0.15, -0.1) is 0 Å². The molecule has 0 aliphatic heterocycles. The average molecular weight is 343 g/mol. The van der Waals surface area contributed by atoms with E-state index in [2.05, 4.69) is 10.0 Å². The molecule has 0 saturated heterocycles. The number of nitrogens with one attached hydrogen (secondary N) is 2. The van der Waals surface area contributed by atoms with Gasteiger partial charge in [-0.3, -0.25) is 4.79 Å². The predicted molar refractivity (Wildman–Crippen MR) is 89.1 cm³/mol. The summed E-state index contributed by atoms with van der Waals surface area (Å²) >= 11 is 0. The van der Waals surface area contributed by atoms with Crippen molar-refractivity contribution in [1.82, 2.24) is 10.0 Å². The Bertz CT molecular complexity index is 664. The molecule has 0 aliphatic carbocycles. The maximum absolute atomic E-state index is 12.4. The number of benzene rings is 1. The summed E-state index contributed by atoms with van der Waals surface area (Å²) in [4.78, 5) is 12.1. The summed E-state index contributed by atoms with van der Waals surface area (Å²) < 4.78 is 32.3. The molecule has 0 spiro atoms. The van der Waals surface area contributed by atoms with Gasteiger partial charge in [0.2, 0.25) is 10.0 Å². The molecule has 0 heterocycles. The van der Waals surface area contributed by atoms with Crippen LogP contribution in [0.5, 0.6) is 5.75 Å². The van der Waals surface area contributed by atoms with Crippen LogP contribution in [0.1, 0.15) is 38.1 Å². The SMILES string of the molecule is COc1ccc(C(=O)NCC(C)(C)N)cc1S(=O)(=O)NC(C)C. The van der Waals surface area contributed by atoms with Crippen molar-refractivity contribution in [2.45, 2.75) is 44.2 Å². The van der Waals surface area contributed by atoms with Gasteiger partial charge in [-0.1, -0.05) is 0 Å². The number of amides is 1. The van der Waals surface area contributed by atoms with E-state index in [0.29, 0.717) is 0 Å². The first-order valence-electron chi connectivity index (χ1n) is 7.24. The maximum atomic E-state index is 12.4. The zero-order valence-electron chi connectivity index (χ0n) is 14.1. The van der Waals surface area contributed by atoms with Crippen molar-refractivity contribution in [3.63, 3.8) is 0 Å². The van der Waals surface area contributed by atoms with Gasteiger partial charge in [0.25, 0.3) is 5.91 Å². The lowest BCUT2D eigenvalue weighted by atomic mass is 10.1. The minimum absolute atomic E-state index is 0.0756. The Labute approximate surface area is 137 Å². The normalized spacial score (nSPS) is 12.3. The fourth-order valence-corrected chi connectivity index (χ4v) is 3.26. The van der Waals surface area contributed by atoms with Gasteiger partial charge in [0.1, 0.15) is 10.6 Å². The van der Waals surface area contributed by atoms with Crippen LogP contribution in [-0.4, -0.2) is 39.6 Å². The van der Waals surface area contributed by atoms with Gasteiger partial charge in [-0.05, 0) is 45.9 Å². The van der Waals surface area contributed by atoms with E-state index in [9.17, 15) is 13.2 Å². The van der Waals surface area contributed by atoms with E-state index >= 15 is 0 Å². The summed E-state index contributed by atoms with van der Waals surface area (Å²) in [6, 6.07) is 3.98. The second kappa shape index (κ2) is 7.29. The maximum Gasteiger partial charge on any atom is 0.251 e. The summed E-state index contributed by atoms with van der Waals surface area (Å²) in [5, 5.41) is 2.68. The number of nitrogens with two attached hydrogens (primary N) is 1. The van der Waals surface area contributed by atoms with Crippen molar-refractivity contribution in [3.8, 4) is 5.75 Å². The molecule has 0 bridgehead atoms. The number of carbonyl (C=O) groups excluding carboxylic acids is 1. The first kappa shape index (κ1) is 19.4. The van der Waals surface area contributed by atoms with E-state index in [-0.39, 0.29) is 28.8 Å². The Morgan fingerprint density at radius 3 is 2.43 bits per heavy atom. The molecule has 0 saturated carbocycles. The highest BCUT2D eigenvalue weighted by atomic mass is 32.2. The van der Waals surface area contributed by atoms with Crippen LogP contribution in [0.3, 0.4) is 0 Å². The Hall–Kier alpha value is -1.64. The molecule has 7 nitrogen and oxygen atoms in total. The van der Waals surface area contributed by atoms with Crippen LogP contribution in [0.25, 0.3) is 0 Å². The summed E-state index contributed by atoms with van der Waals surface area (Å²) in [6.45, 7) is 7.26. The van der Waals surface area contributed by atoms with Crippen LogP contribution in [0, 0.1) is 0 Å². The number of carbonyl (C=O) groups is 1. The van der Waals surface area contributed by atoms with E-state index in [4.69, 9.17) is 10.5 Å². The van der Waals surface area contributed by atoms with Gasteiger partial charge >= 0.3 is 0 Å². The van der Waals surface area contributed by atoms with Crippen molar-refractivity contribution in [3.05, 3.63) is 23.8 Å². The molecule has 0 aliphatic rings. The molecule has 4 N–H and O–H groups in total. The third-order valence-electron chi connectivity index (χ3n) is 2.81. The standard InChI is InChI=1S/C15H25N3O4S/c1-10(2)18-23(20,21)13-8-11(6-7-12(13)22-5)14(19)17-9-15(3,4)16/h6-8,10,18H,9,16H2,1-5H3,(H,17,19). The fourth-order valence-electron chi connectivity index (χ4n) is 1.81. The molecule has 130 valence electrons. The average Bonchev–Trinajstić information content (AvgIpc) is 2.41. The molecule has 23 heavy (non-hydrogen) atoms. The molecule has 0 unspecified atom stereocenters. The van der Waals surface area contributed by atoms with E-state index in [1.807, 2.05) is 0 Å². The van der Waals surface area contributed by atoms with Crippen molar-refractivity contribution in [2.75, 3.05) is 13.7 Å². The van der Waals surface area contributed by atoms with Gasteiger partial charge in [-0.2, -0.15) is 0 Å². The lowest BCUT2D eigenvalue weighted by Crippen LogP contribution is -2.45. The fraction of sp³-hybridized carbons (Fsp3) is 0.533. The summed E-state index contributed by atoms with van der Waals surface area (Å²) in [5.41, 5.74) is 5.48. The predicted octanol–water partition coefficient (Wildman–Crippen LogP) is 0.849. The van der Waals surface area contributed by atoms with Crippen molar-refractivity contribution >= 4 is 15.9 Å². The molecular weight excluding hydrogens is 318 g/mol. The zero-order chi connectivity index (χ0) is 17.8. The Balaban J connectivity index is 3.15. The van der Waals surface area contributed by atoms with Gasteiger partial charge in [0.05, 0.1) is 7.11 Å². The lowest BCUT2D eigenvalue weighted by Gasteiger charge is -2.19. The third-order valence-corrected chi connectivity index (χ3v) is 4.49. The van der Waals surface area contributed by atoms with E-state index in [0.717, 1.165) is 0 Å². The number of sulfonamides is 1. The second-order valence-corrected chi connectivity index (χ2v) is 8.00. The topological polar surface area (TPSA) is 111 Å². The first-order chi connectivity index (χ1) is 10.5. The van der Waals surface area contributed by atoms with Crippen molar-refractivity contribution < 1.29 is 17.9 Å². The highest BCUT2D eigenvalue weighted by Gasteiger charge is 2.23. The number of rotatable bonds is 7. The molecular formula is C15H25N3O4S. The summed E-state index contributed by atoms with van der Waals surface area (Å²) in [5.74, 6) is -0.221. The quantitative estimate of drug-likeness (QED) is 0.680. The molecule has 0 radical (unpaired) electrons. The van der Waals surface area contributed by atoms with Crippen LogP contribution in [0.15, 0.2) is 23.1 Å². The van der Waals surface area contributed by atoms with Gasteiger partial charge < -0.3 is 15.8 Å². The smallest absolute Gasteiger partial charge is 0.251 e. The van der Waals surface area contributed by atoms with E-state index in [1.54, 1.807) is 27.7 Å². The second-order valence-electron chi connectivity index (χ2n) is 6.31. The molecule has 1 rings (SSSR count). The number of hydrogen-bond acceptors (Lipinski definition) is 5. The number of ether oxygens (including phenoxy) is 1. The first-order valence-corrected chi connectivity index (χ1v) is 8.72. The summed E-state index contributed by atoms with van der Waals surface area (Å²) in [7, 11) is -2.41. The number of methoxy groups -OCH3 is 1. The third kappa shape index (κ3) is 5.81. The molecule has 0 fully saturated rings. The van der Waals surface area contributed by atoms with Crippen LogP contribution in [-0.2, 0) is 10.0 Å². The summed E-state index contributed by atoms with van der Waals surface area (Å²) in [6.07, 6.45) is 0. The molecule has 1 aromatic rings. The Morgan fingerprint density at radius 2 is 1.96 bits per heavy atom. The highest BCUT2D eigenvalue weighted by molar-refractivity contribution is 7.89. The minimum Gasteiger partial charge on any atom is -0.495 e. The van der Waals surface area contributed by atoms with E-state index in [1.165, 1.54) is 25.3 Å². The van der Waals surface area contributed by atoms with Gasteiger partial charge in [0, 0.05) is 23.7 Å². The monoisotopic (exact) mass is 343 g/mol. The molecule has 8 heteroatoms. The molecule has 1 amide bonds. The van der Waals surface area contributed by atoms with Crippen LogP contribution in [0.2, 0.25) is 0 Å². The van der Waals surface area contributed by atoms with E-state index < -0.39 is 21.5 Å². The number of hydrogen-bond donors (Lipinski definition) is 3. The van der Waals surface area contributed by atoms with Crippen LogP contribution < -0.4 is 20.5 Å². The molecule has 1 aromatic carbocycles. The van der Waals surface area contributed by atoms with Gasteiger partial charge in [0.15, 0.2) is 0 Å². The van der Waals surface area contributed by atoms with Crippen LogP contribution in [0.4, 0.5) is 0 Å². The highest BCUT2D eigenvalue weighted by Crippen LogP contribution is 2.25.